The summed E-state index contributed by atoms with van der Waals surface area (Å²) in [5, 5.41) is 4.49. The Hall–Kier alpha value is -2.92. The summed E-state index contributed by atoms with van der Waals surface area (Å²) in [6, 6.07) is 17.7. The van der Waals surface area contributed by atoms with E-state index in [4.69, 9.17) is 4.74 Å². The number of carbonyl (C=O) groups excluding carboxylic acids is 1. The van der Waals surface area contributed by atoms with Gasteiger partial charge in [-0.3, -0.25) is 4.79 Å². The molecule has 5 nitrogen and oxygen atoms in total. The van der Waals surface area contributed by atoms with Crippen molar-refractivity contribution in [2.75, 3.05) is 0 Å². The van der Waals surface area contributed by atoms with Gasteiger partial charge in [0.25, 0.3) is 5.91 Å². The fourth-order valence-corrected chi connectivity index (χ4v) is 3.27. The molecule has 0 atom stereocenters. The van der Waals surface area contributed by atoms with Gasteiger partial charge in [0.15, 0.2) is 0 Å². The van der Waals surface area contributed by atoms with E-state index in [1.54, 1.807) is 0 Å². The van der Waals surface area contributed by atoms with E-state index >= 15 is 0 Å². The minimum absolute atomic E-state index is 0.0436. The lowest BCUT2D eigenvalue weighted by Gasteiger charge is -2.17. The summed E-state index contributed by atoms with van der Waals surface area (Å²) in [6.07, 6.45) is 2.06. The second-order valence-electron chi connectivity index (χ2n) is 7.08. The lowest BCUT2D eigenvalue weighted by Crippen LogP contribution is -2.26. The standard InChI is InChI=1S/C22H23N3O2/c1-16(2)27-15-17-8-10-18(11-9-17)22(26)24-13-19-12-23-25(21(19)14-24)20-6-4-3-5-7-20/h3-12,16H,13-15H2,1-2H3. The molecule has 0 N–H and O–H groups in total. The van der Waals surface area contributed by atoms with Crippen LogP contribution in [0.15, 0.2) is 60.8 Å². The van der Waals surface area contributed by atoms with Gasteiger partial charge in [0.05, 0.1) is 36.8 Å². The first-order valence-electron chi connectivity index (χ1n) is 9.23. The second kappa shape index (κ2) is 7.37. The Morgan fingerprint density at radius 2 is 1.81 bits per heavy atom. The number of rotatable bonds is 5. The van der Waals surface area contributed by atoms with Gasteiger partial charge in [-0.1, -0.05) is 30.3 Å². The third-order valence-corrected chi connectivity index (χ3v) is 4.73. The third-order valence-electron chi connectivity index (χ3n) is 4.73. The number of aromatic nitrogens is 2. The van der Waals surface area contributed by atoms with Crippen LogP contribution in [0.5, 0.6) is 0 Å². The molecule has 2 aromatic carbocycles. The molecule has 0 spiro atoms. The molecule has 0 radical (unpaired) electrons. The number of carbonyl (C=O) groups is 1. The summed E-state index contributed by atoms with van der Waals surface area (Å²) in [7, 11) is 0. The third kappa shape index (κ3) is 3.64. The minimum Gasteiger partial charge on any atom is -0.374 e. The molecule has 0 bridgehead atoms. The monoisotopic (exact) mass is 361 g/mol. The molecular formula is C22H23N3O2. The van der Waals surface area contributed by atoms with Crippen molar-refractivity contribution in [1.29, 1.82) is 0 Å². The van der Waals surface area contributed by atoms with E-state index in [0.29, 0.717) is 25.3 Å². The normalized spacial score (nSPS) is 13.2. The van der Waals surface area contributed by atoms with E-state index in [2.05, 4.69) is 5.10 Å². The van der Waals surface area contributed by atoms with Crippen LogP contribution in [-0.2, 0) is 24.4 Å². The molecule has 5 heteroatoms. The van der Waals surface area contributed by atoms with Crippen LogP contribution < -0.4 is 0 Å². The average Bonchev–Trinajstić information content (AvgIpc) is 3.27. The second-order valence-corrected chi connectivity index (χ2v) is 7.08. The zero-order valence-electron chi connectivity index (χ0n) is 15.6. The summed E-state index contributed by atoms with van der Waals surface area (Å²) in [4.78, 5) is 14.8. The van der Waals surface area contributed by atoms with Gasteiger partial charge < -0.3 is 9.64 Å². The van der Waals surface area contributed by atoms with Crippen LogP contribution in [0.3, 0.4) is 0 Å². The summed E-state index contributed by atoms with van der Waals surface area (Å²) >= 11 is 0. The number of fused-ring (bicyclic) bond motifs is 1. The van der Waals surface area contributed by atoms with Gasteiger partial charge in [-0.2, -0.15) is 5.10 Å². The van der Waals surface area contributed by atoms with Crippen molar-refractivity contribution in [3.63, 3.8) is 0 Å². The van der Waals surface area contributed by atoms with Crippen molar-refractivity contribution in [3.05, 3.63) is 83.2 Å². The Morgan fingerprint density at radius 3 is 2.52 bits per heavy atom. The summed E-state index contributed by atoms with van der Waals surface area (Å²) in [5.74, 6) is 0.0436. The van der Waals surface area contributed by atoms with Gasteiger partial charge in [-0.25, -0.2) is 4.68 Å². The molecule has 3 aromatic rings. The number of nitrogens with zero attached hydrogens (tertiary/aromatic N) is 3. The van der Waals surface area contributed by atoms with Gasteiger partial charge in [0.2, 0.25) is 0 Å². The highest BCUT2D eigenvalue weighted by Crippen LogP contribution is 2.26. The molecule has 1 aliphatic rings. The van der Waals surface area contributed by atoms with Gasteiger partial charge in [-0.05, 0) is 43.7 Å². The van der Waals surface area contributed by atoms with Gasteiger partial charge in [-0.15, -0.1) is 0 Å². The Balaban J connectivity index is 1.47. The zero-order chi connectivity index (χ0) is 18.8. The Bertz CT molecular complexity index is 930. The SMILES string of the molecule is CC(C)OCc1ccc(C(=O)N2Cc3cnn(-c4ccccc4)c3C2)cc1. The average molecular weight is 361 g/mol. The van der Waals surface area contributed by atoms with Crippen molar-refractivity contribution in [2.45, 2.75) is 39.6 Å². The molecule has 0 fully saturated rings. The van der Waals surface area contributed by atoms with Crippen LogP contribution in [0.25, 0.3) is 5.69 Å². The first-order valence-corrected chi connectivity index (χ1v) is 9.23. The molecule has 0 aliphatic carbocycles. The van der Waals surface area contributed by atoms with E-state index in [0.717, 1.165) is 22.5 Å². The van der Waals surface area contributed by atoms with Crippen LogP contribution in [-0.4, -0.2) is 26.7 Å². The first kappa shape index (κ1) is 17.5. The highest BCUT2D eigenvalue weighted by molar-refractivity contribution is 5.94. The van der Waals surface area contributed by atoms with Gasteiger partial charge in [0.1, 0.15) is 0 Å². The summed E-state index contributed by atoms with van der Waals surface area (Å²) in [5.41, 5.74) is 4.98. The lowest BCUT2D eigenvalue weighted by molar-refractivity contribution is 0.0655. The molecule has 2 heterocycles. The van der Waals surface area contributed by atoms with Crippen molar-refractivity contribution < 1.29 is 9.53 Å². The maximum atomic E-state index is 12.9. The van der Waals surface area contributed by atoms with Crippen molar-refractivity contribution >= 4 is 5.91 Å². The summed E-state index contributed by atoms with van der Waals surface area (Å²) in [6.45, 7) is 5.76. The fraction of sp³-hybridized carbons (Fsp3) is 0.273. The molecular weight excluding hydrogens is 338 g/mol. The molecule has 138 valence electrons. The highest BCUT2D eigenvalue weighted by atomic mass is 16.5. The number of benzene rings is 2. The smallest absolute Gasteiger partial charge is 0.254 e. The largest absolute Gasteiger partial charge is 0.374 e. The number of para-hydroxylation sites is 1. The van der Waals surface area contributed by atoms with Crippen molar-refractivity contribution in [2.24, 2.45) is 0 Å². The van der Waals surface area contributed by atoms with Gasteiger partial charge >= 0.3 is 0 Å². The van der Waals surface area contributed by atoms with Crippen molar-refractivity contribution in [3.8, 4) is 5.69 Å². The number of hydrogen-bond donors (Lipinski definition) is 0. The molecule has 27 heavy (non-hydrogen) atoms. The maximum absolute atomic E-state index is 12.9. The topological polar surface area (TPSA) is 47.4 Å². The Morgan fingerprint density at radius 1 is 1.07 bits per heavy atom. The predicted molar refractivity (Wildman–Crippen MR) is 104 cm³/mol. The van der Waals surface area contributed by atoms with Gasteiger partial charge in [0, 0.05) is 17.7 Å². The number of amides is 1. The predicted octanol–water partition coefficient (Wildman–Crippen LogP) is 3.95. The Kier molecular flexibility index (Phi) is 4.77. The van der Waals surface area contributed by atoms with Crippen LogP contribution in [0.1, 0.15) is 41.0 Å². The van der Waals surface area contributed by atoms with Crippen molar-refractivity contribution in [1.82, 2.24) is 14.7 Å². The highest BCUT2D eigenvalue weighted by Gasteiger charge is 2.28. The van der Waals surface area contributed by atoms with Crippen LogP contribution in [0.4, 0.5) is 0 Å². The molecule has 1 aliphatic heterocycles. The quantitative estimate of drug-likeness (QED) is 0.691. The van der Waals surface area contributed by atoms with E-state index in [9.17, 15) is 4.79 Å². The van der Waals surface area contributed by atoms with E-state index in [1.165, 1.54) is 0 Å². The first-order chi connectivity index (χ1) is 13.1. The molecule has 1 aromatic heterocycles. The maximum Gasteiger partial charge on any atom is 0.254 e. The van der Waals surface area contributed by atoms with Crippen LogP contribution in [0, 0.1) is 0 Å². The van der Waals surface area contributed by atoms with E-state index in [1.807, 2.05) is 84.2 Å². The molecule has 1 amide bonds. The number of ether oxygens (including phenoxy) is 1. The van der Waals surface area contributed by atoms with Crippen LogP contribution >= 0.6 is 0 Å². The van der Waals surface area contributed by atoms with E-state index < -0.39 is 0 Å². The molecule has 0 unspecified atom stereocenters. The van der Waals surface area contributed by atoms with E-state index in [-0.39, 0.29) is 12.0 Å². The molecule has 4 rings (SSSR count). The molecule has 0 saturated carbocycles. The zero-order valence-corrected chi connectivity index (χ0v) is 15.6. The number of hydrogen-bond acceptors (Lipinski definition) is 3. The Labute approximate surface area is 159 Å². The molecule has 0 saturated heterocycles. The summed E-state index contributed by atoms with van der Waals surface area (Å²) < 4.78 is 7.54. The minimum atomic E-state index is 0.0436. The fourth-order valence-electron chi connectivity index (χ4n) is 3.27. The lowest BCUT2D eigenvalue weighted by atomic mass is 10.1. The van der Waals surface area contributed by atoms with Crippen LogP contribution in [0.2, 0.25) is 0 Å².